The standard InChI is InChI=1S/4C10H19N2P.Ca/c4*1-9(2,3)7-11-12-8(13-7)10(4,5)6;/h2*13H,1-6H3;2*11H,1-6H3;/q;;;;+2/p+2. The van der Waals surface area contributed by atoms with Gasteiger partial charge in [-0.3, -0.25) is 10.2 Å². The Bertz CT molecular complexity index is 1300. The fourth-order valence-electron chi connectivity index (χ4n) is 3.86. The number of hydrogen-bond donors (Lipinski definition) is 0. The third kappa shape index (κ3) is 18.3. The monoisotopic (exact) mass is 834 g/mol. The summed E-state index contributed by atoms with van der Waals surface area (Å²) in [6, 6.07) is 0. The average Bonchev–Trinajstić information content (AvgIpc) is 3.72. The van der Waals surface area contributed by atoms with Gasteiger partial charge in [0.05, 0.1) is 21.7 Å². The molecule has 4 N–H and O–H groups in total. The largest absolute Gasteiger partial charge is 2.00 e. The normalized spacial score (nSPS) is 13.7. The van der Waals surface area contributed by atoms with Crippen molar-refractivity contribution in [3.8, 4) is 0 Å². The second-order valence-electron chi connectivity index (χ2n) is 22.2. The van der Waals surface area contributed by atoms with Gasteiger partial charge in [-0.25, -0.2) is 0 Å². The van der Waals surface area contributed by atoms with Crippen LogP contribution in [0.25, 0.3) is 0 Å². The zero-order chi connectivity index (χ0) is 41.1. The summed E-state index contributed by atoms with van der Waals surface area (Å²) in [7, 11) is 4.03. The molecule has 0 aliphatic rings. The summed E-state index contributed by atoms with van der Waals surface area (Å²) >= 11 is 0. The molecule has 2 atom stereocenters. The van der Waals surface area contributed by atoms with Crippen LogP contribution in [0.3, 0.4) is 0 Å². The Kier molecular flexibility index (Phi) is 19.0. The SMILES string of the molecule is CC(C)(C)c1[n-][nH+]c(C(C)(C)C)p1.CC(C)(C)c1[n-][nH+]c(C(C)(C)C)p1.CC(C)(C)c1n[nH+]c(C(C)(C)C)[pH]1.CC(C)(C)c1n[nH+]c(C(C)(C)C)[pH]1.[Ca+2]. The Morgan fingerprint density at radius 2 is 0.660 bits per heavy atom. The Hall–Kier alpha value is -0.180. The van der Waals surface area contributed by atoms with Gasteiger partial charge in [0, 0.05) is 10.8 Å². The number of rotatable bonds is 0. The van der Waals surface area contributed by atoms with Gasteiger partial charge < -0.3 is 10.2 Å². The van der Waals surface area contributed by atoms with Gasteiger partial charge in [-0.2, -0.15) is 0 Å². The fraction of sp³-hybridized carbons (Fsp3) is 0.800. The molecule has 0 aliphatic heterocycles. The van der Waals surface area contributed by atoms with E-state index in [-0.39, 0.29) is 81.1 Å². The number of aromatic nitrogens is 8. The molecule has 0 radical (unpaired) electrons. The molecule has 4 aromatic rings. The van der Waals surface area contributed by atoms with Crippen LogP contribution in [-0.2, 0) is 43.3 Å². The predicted molar refractivity (Wildman–Crippen MR) is 234 cm³/mol. The molecule has 4 rings (SSSR count). The molecule has 0 spiro atoms. The van der Waals surface area contributed by atoms with E-state index in [1.807, 2.05) is 0 Å². The van der Waals surface area contributed by atoms with Crippen molar-refractivity contribution >= 4 is 70.5 Å². The van der Waals surface area contributed by atoms with Gasteiger partial charge in [-0.05, 0) is 137 Å². The van der Waals surface area contributed by atoms with E-state index >= 15 is 0 Å². The molecule has 0 saturated carbocycles. The number of H-pyrrole nitrogens is 4. The molecule has 0 bridgehead atoms. The minimum absolute atomic E-state index is 0. The minimum atomic E-state index is 0. The molecular weight excluding hydrogens is 756 g/mol. The van der Waals surface area contributed by atoms with E-state index in [9.17, 15) is 0 Å². The van der Waals surface area contributed by atoms with E-state index in [1.54, 1.807) is 0 Å². The zero-order valence-corrected chi connectivity index (χ0v) is 44.4. The Morgan fingerprint density at radius 3 is 0.774 bits per heavy atom. The first kappa shape index (κ1) is 52.8. The van der Waals surface area contributed by atoms with Crippen LogP contribution in [0.2, 0.25) is 0 Å². The quantitative estimate of drug-likeness (QED) is 0.164. The van der Waals surface area contributed by atoms with Crippen molar-refractivity contribution in [2.75, 3.05) is 0 Å². The van der Waals surface area contributed by atoms with E-state index in [4.69, 9.17) is 0 Å². The molecule has 0 aromatic carbocycles. The second-order valence-corrected chi connectivity index (χ2v) is 26.8. The molecule has 0 fully saturated rings. The van der Waals surface area contributed by atoms with Crippen molar-refractivity contribution in [2.45, 2.75) is 209 Å². The summed E-state index contributed by atoms with van der Waals surface area (Å²) in [6.45, 7) is 53.1. The Balaban J connectivity index is 0.000000676. The first-order chi connectivity index (χ1) is 22.8. The molecule has 0 aliphatic carbocycles. The topological polar surface area (TPSA) is 111 Å². The van der Waals surface area contributed by atoms with Gasteiger partial charge in [0.25, 0.3) is 0 Å². The summed E-state index contributed by atoms with van der Waals surface area (Å²) < 4.78 is 0. The van der Waals surface area contributed by atoms with Crippen molar-refractivity contribution in [1.82, 2.24) is 20.4 Å². The van der Waals surface area contributed by atoms with E-state index < -0.39 is 0 Å². The number of nitrogens with one attached hydrogen (secondary N) is 4. The van der Waals surface area contributed by atoms with Crippen molar-refractivity contribution in [1.29, 1.82) is 0 Å². The maximum atomic E-state index is 4.40. The summed E-state index contributed by atoms with van der Waals surface area (Å²) in [5, 5.41) is 30.2. The van der Waals surface area contributed by atoms with Crippen molar-refractivity contribution in [2.24, 2.45) is 0 Å². The van der Waals surface area contributed by atoms with E-state index in [1.165, 1.54) is 59.8 Å². The van der Waals surface area contributed by atoms with Crippen LogP contribution >= 0.6 is 32.8 Å². The van der Waals surface area contributed by atoms with Crippen LogP contribution in [0.5, 0.6) is 0 Å². The smallest absolute Gasteiger partial charge is 0.410 e. The summed E-state index contributed by atoms with van der Waals surface area (Å²) in [5.74, 6) is 0. The van der Waals surface area contributed by atoms with Crippen LogP contribution in [-0.4, -0.2) is 47.9 Å². The zero-order valence-electron chi connectivity index (χ0n) is 38.4. The maximum Gasteiger partial charge on any atom is 2.00 e. The van der Waals surface area contributed by atoms with E-state index in [0.717, 1.165) is 16.4 Å². The fourth-order valence-corrected chi connectivity index (χ4v) is 8.44. The maximum absolute atomic E-state index is 4.40. The molecule has 2 unspecified atom stereocenters. The summed E-state index contributed by atoms with van der Waals surface area (Å²) in [5.41, 5.74) is 12.0. The van der Waals surface area contributed by atoms with Crippen molar-refractivity contribution in [3.05, 3.63) is 43.4 Å². The molecular formula is C40H78CaN8P4+4. The molecule has 8 nitrogen and oxygen atoms in total. The molecule has 53 heavy (non-hydrogen) atoms. The predicted octanol–water partition coefficient (Wildman–Crippen LogP) is 9.93. The summed E-state index contributed by atoms with van der Waals surface area (Å²) in [4.78, 5) is 0. The number of hydrogen-bond acceptors (Lipinski definition) is 2. The Labute approximate surface area is 361 Å². The molecule has 13 heteroatoms. The van der Waals surface area contributed by atoms with Crippen LogP contribution < -0.4 is 30.6 Å². The minimum Gasteiger partial charge on any atom is -0.410 e. The van der Waals surface area contributed by atoms with Crippen LogP contribution in [0, 0.1) is 0 Å². The molecule has 4 heterocycles. The number of aromatic amines is 4. The Morgan fingerprint density at radius 1 is 0.396 bits per heavy atom. The van der Waals surface area contributed by atoms with Crippen LogP contribution in [0.15, 0.2) is 0 Å². The van der Waals surface area contributed by atoms with Crippen LogP contribution in [0.1, 0.15) is 210 Å². The second kappa shape index (κ2) is 19.0. The third-order valence-corrected chi connectivity index (χ3v) is 16.1. The van der Waals surface area contributed by atoms with E-state index in [0.29, 0.717) is 0 Å². The van der Waals surface area contributed by atoms with Crippen molar-refractivity contribution in [3.63, 3.8) is 0 Å². The summed E-state index contributed by atoms with van der Waals surface area (Å²) in [6.07, 6.45) is 0. The number of nitrogens with zero attached hydrogens (tertiary/aromatic N) is 4. The molecule has 0 amide bonds. The molecule has 0 saturated heterocycles. The molecule has 4 aromatic heterocycles. The third-order valence-electron chi connectivity index (χ3n) is 7.70. The first-order valence-electron chi connectivity index (χ1n) is 18.7. The van der Waals surface area contributed by atoms with E-state index in [2.05, 4.69) is 207 Å². The van der Waals surface area contributed by atoms with Crippen molar-refractivity contribution < 1.29 is 20.4 Å². The van der Waals surface area contributed by atoms with Gasteiger partial charge in [0.15, 0.2) is 10.9 Å². The van der Waals surface area contributed by atoms with Gasteiger partial charge in [-0.1, -0.05) is 104 Å². The van der Waals surface area contributed by atoms with Gasteiger partial charge in [-0.15, -0.1) is 0 Å². The van der Waals surface area contributed by atoms with Crippen LogP contribution in [0.4, 0.5) is 0 Å². The molecule has 296 valence electrons. The first-order valence-corrected chi connectivity index (χ1v) is 22.5. The van der Waals surface area contributed by atoms with Gasteiger partial charge in [0.1, 0.15) is 10.9 Å². The van der Waals surface area contributed by atoms with Gasteiger partial charge in [0.2, 0.25) is 10.9 Å². The van der Waals surface area contributed by atoms with Gasteiger partial charge >= 0.3 is 37.7 Å². The average molecular weight is 835 g/mol.